The van der Waals surface area contributed by atoms with Gasteiger partial charge in [-0.25, -0.2) is 4.39 Å². The van der Waals surface area contributed by atoms with E-state index in [2.05, 4.69) is 37.2 Å². The molecule has 1 amide bonds. The maximum Gasteiger partial charge on any atom is 0.251 e. The van der Waals surface area contributed by atoms with E-state index in [1.165, 1.54) is 19.0 Å². The van der Waals surface area contributed by atoms with Crippen molar-refractivity contribution in [3.63, 3.8) is 0 Å². The number of aromatic nitrogens is 1. The predicted octanol–water partition coefficient (Wildman–Crippen LogP) is 4.91. The number of amides is 1. The molecule has 0 radical (unpaired) electrons. The average Bonchev–Trinajstić information content (AvgIpc) is 3.40. The topological polar surface area (TPSA) is 45.2 Å². The van der Waals surface area contributed by atoms with Gasteiger partial charge in [0.15, 0.2) is 0 Å². The number of carbonyl (C=O) groups is 1. The zero-order valence-corrected chi connectivity index (χ0v) is 17.6. The van der Waals surface area contributed by atoms with Crippen molar-refractivity contribution in [2.45, 2.75) is 44.0 Å². The predicted molar refractivity (Wildman–Crippen MR) is 112 cm³/mol. The lowest BCUT2D eigenvalue weighted by molar-refractivity contribution is 0.0930. The fraction of sp³-hybridized carbons (Fsp3) is 0.455. The van der Waals surface area contributed by atoms with Crippen LogP contribution >= 0.6 is 15.9 Å². The van der Waals surface area contributed by atoms with Gasteiger partial charge in [0.05, 0.1) is 17.9 Å². The SMILES string of the molecule is Cc1cc([C@@H](NC(=O)c2cc(CBr)cc(N3CCCC3)c2)C2CC2)ncc1F. The van der Waals surface area contributed by atoms with Gasteiger partial charge in [-0.1, -0.05) is 15.9 Å². The van der Waals surface area contributed by atoms with Crippen molar-refractivity contribution >= 4 is 27.5 Å². The summed E-state index contributed by atoms with van der Waals surface area (Å²) in [6, 6.07) is 7.66. The number of pyridine rings is 1. The Morgan fingerprint density at radius 1 is 1.29 bits per heavy atom. The van der Waals surface area contributed by atoms with Gasteiger partial charge in [0.2, 0.25) is 0 Å². The Morgan fingerprint density at radius 2 is 2.04 bits per heavy atom. The number of hydrogen-bond acceptors (Lipinski definition) is 3. The van der Waals surface area contributed by atoms with Crippen LogP contribution in [0.25, 0.3) is 0 Å². The fourth-order valence-corrected chi connectivity index (χ4v) is 4.18. The van der Waals surface area contributed by atoms with Crippen LogP contribution in [0.2, 0.25) is 0 Å². The highest BCUT2D eigenvalue weighted by molar-refractivity contribution is 9.08. The van der Waals surface area contributed by atoms with Crippen molar-refractivity contribution < 1.29 is 9.18 Å². The summed E-state index contributed by atoms with van der Waals surface area (Å²) in [5.74, 6) is -0.0347. The zero-order chi connectivity index (χ0) is 19.7. The lowest BCUT2D eigenvalue weighted by atomic mass is 10.0. The van der Waals surface area contributed by atoms with E-state index < -0.39 is 0 Å². The van der Waals surface area contributed by atoms with E-state index >= 15 is 0 Å². The van der Waals surface area contributed by atoms with Crippen LogP contribution in [0, 0.1) is 18.7 Å². The van der Waals surface area contributed by atoms with Crippen LogP contribution in [0.1, 0.15) is 58.9 Å². The van der Waals surface area contributed by atoms with E-state index in [1.54, 1.807) is 13.0 Å². The van der Waals surface area contributed by atoms with Gasteiger partial charge >= 0.3 is 0 Å². The molecule has 1 saturated heterocycles. The van der Waals surface area contributed by atoms with Crippen molar-refractivity contribution in [1.82, 2.24) is 10.3 Å². The second kappa shape index (κ2) is 8.19. The first-order valence-corrected chi connectivity index (χ1v) is 11.0. The molecule has 148 valence electrons. The van der Waals surface area contributed by atoms with Gasteiger partial charge in [-0.2, -0.15) is 0 Å². The number of nitrogens with zero attached hydrogens (tertiary/aromatic N) is 2. The number of benzene rings is 1. The molecule has 2 aliphatic rings. The second-order valence-corrected chi connectivity index (χ2v) is 8.42. The number of halogens is 2. The average molecular weight is 446 g/mol. The Labute approximate surface area is 173 Å². The lowest BCUT2D eigenvalue weighted by Crippen LogP contribution is -2.31. The monoisotopic (exact) mass is 445 g/mol. The van der Waals surface area contributed by atoms with Gasteiger partial charge < -0.3 is 10.2 Å². The summed E-state index contributed by atoms with van der Waals surface area (Å²) in [7, 11) is 0. The first-order chi connectivity index (χ1) is 13.5. The van der Waals surface area contributed by atoms with Crippen molar-refractivity contribution in [1.29, 1.82) is 0 Å². The molecule has 1 saturated carbocycles. The van der Waals surface area contributed by atoms with Crippen molar-refractivity contribution in [3.05, 3.63) is 58.7 Å². The fourth-order valence-electron chi connectivity index (χ4n) is 3.86. The molecule has 4 nitrogen and oxygen atoms in total. The summed E-state index contributed by atoms with van der Waals surface area (Å²) in [5.41, 5.74) is 4.17. The summed E-state index contributed by atoms with van der Waals surface area (Å²) < 4.78 is 13.6. The molecule has 0 bridgehead atoms. The standard InChI is InChI=1S/C22H25BrFN3O/c1-14-8-20(25-13-19(14)24)21(16-4-5-16)26-22(28)17-9-15(12-23)10-18(11-17)27-6-2-3-7-27/h8-11,13,16,21H,2-7,12H2,1H3,(H,26,28)/t21-/m0/s1. The van der Waals surface area contributed by atoms with Crippen LogP contribution < -0.4 is 10.2 Å². The Hall–Kier alpha value is -1.95. The highest BCUT2D eigenvalue weighted by atomic mass is 79.9. The van der Waals surface area contributed by atoms with Crippen molar-refractivity contribution in [2.75, 3.05) is 18.0 Å². The molecule has 2 heterocycles. The highest BCUT2D eigenvalue weighted by Gasteiger charge is 2.35. The molecule has 2 aromatic rings. The third-order valence-electron chi connectivity index (χ3n) is 5.63. The molecule has 1 aliphatic heterocycles. The summed E-state index contributed by atoms with van der Waals surface area (Å²) in [4.78, 5) is 19.7. The molecule has 0 unspecified atom stereocenters. The van der Waals surface area contributed by atoms with Gasteiger partial charge in [-0.05, 0) is 73.9 Å². The van der Waals surface area contributed by atoms with Gasteiger partial charge in [0, 0.05) is 29.7 Å². The Kier molecular flexibility index (Phi) is 5.67. The van der Waals surface area contributed by atoms with E-state index in [-0.39, 0.29) is 17.8 Å². The largest absolute Gasteiger partial charge is 0.372 e. The van der Waals surface area contributed by atoms with E-state index in [4.69, 9.17) is 0 Å². The lowest BCUT2D eigenvalue weighted by Gasteiger charge is -2.21. The Bertz CT molecular complexity index is 878. The van der Waals surface area contributed by atoms with Crippen molar-refractivity contribution in [2.24, 2.45) is 5.92 Å². The third-order valence-corrected chi connectivity index (χ3v) is 6.28. The maximum absolute atomic E-state index is 13.6. The first-order valence-electron chi connectivity index (χ1n) is 9.93. The van der Waals surface area contributed by atoms with Crippen LogP contribution in [-0.2, 0) is 5.33 Å². The number of nitrogens with one attached hydrogen (secondary N) is 1. The summed E-state index contributed by atoms with van der Waals surface area (Å²) in [5, 5.41) is 3.88. The number of anilines is 1. The normalized spacial score (nSPS) is 17.6. The molecule has 1 aromatic heterocycles. The van der Waals surface area contributed by atoms with Crippen LogP contribution in [0.4, 0.5) is 10.1 Å². The molecule has 4 rings (SSSR count). The Balaban J connectivity index is 1.59. The minimum Gasteiger partial charge on any atom is -0.372 e. The first kappa shape index (κ1) is 19.4. The van der Waals surface area contributed by atoms with E-state index in [0.717, 1.165) is 42.9 Å². The van der Waals surface area contributed by atoms with Crippen LogP contribution in [0.3, 0.4) is 0 Å². The molecule has 1 N–H and O–H groups in total. The number of alkyl halides is 1. The summed E-state index contributed by atoms with van der Waals surface area (Å²) in [6.45, 7) is 3.81. The highest BCUT2D eigenvalue weighted by Crippen LogP contribution is 2.41. The number of rotatable bonds is 6. The molecule has 28 heavy (non-hydrogen) atoms. The third kappa shape index (κ3) is 4.22. The molecular formula is C22H25BrFN3O. The van der Waals surface area contributed by atoms with E-state index in [9.17, 15) is 9.18 Å². The molecule has 1 aliphatic carbocycles. The Morgan fingerprint density at radius 3 is 2.68 bits per heavy atom. The minimum absolute atomic E-state index is 0.0936. The zero-order valence-electron chi connectivity index (χ0n) is 16.0. The molecular weight excluding hydrogens is 421 g/mol. The molecule has 6 heteroatoms. The minimum atomic E-state index is -0.315. The second-order valence-electron chi connectivity index (χ2n) is 7.86. The van der Waals surface area contributed by atoms with Gasteiger partial charge in [0.25, 0.3) is 5.91 Å². The van der Waals surface area contributed by atoms with Crippen LogP contribution in [0.5, 0.6) is 0 Å². The van der Waals surface area contributed by atoms with Gasteiger partial charge in [-0.3, -0.25) is 9.78 Å². The number of aryl methyl sites for hydroxylation is 1. The number of carbonyl (C=O) groups excluding carboxylic acids is 1. The smallest absolute Gasteiger partial charge is 0.251 e. The van der Waals surface area contributed by atoms with Crippen LogP contribution in [-0.4, -0.2) is 24.0 Å². The molecule has 1 atom stereocenters. The number of hydrogen-bond donors (Lipinski definition) is 1. The quantitative estimate of drug-likeness (QED) is 0.642. The molecule has 2 fully saturated rings. The maximum atomic E-state index is 13.6. The van der Waals surface area contributed by atoms with Gasteiger partial charge in [0.1, 0.15) is 5.82 Å². The van der Waals surface area contributed by atoms with Gasteiger partial charge in [-0.15, -0.1) is 0 Å². The molecule has 1 aromatic carbocycles. The van der Waals surface area contributed by atoms with Crippen LogP contribution in [0.15, 0.2) is 30.5 Å². The van der Waals surface area contributed by atoms with E-state index in [1.807, 2.05) is 12.1 Å². The summed E-state index contributed by atoms with van der Waals surface area (Å²) in [6.07, 6.45) is 5.76. The molecule has 0 spiro atoms. The van der Waals surface area contributed by atoms with E-state index in [0.29, 0.717) is 22.4 Å². The van der Waals surface area contributed by atoms with Crippen molar-refractivity contribution in [3.8, 4) is 0 Å². The summed E-state index contributed by atoms with van der Waals surface area (Å²) >= 11 is 3.52.